The molecule has 2 unspecified atom stereocenters. The van der Waals surface area contributed by atoms with E-state index in [0.29, 0.717) is 61.6 Å². The highest BCUT2D eigenvalue weighted by Crippen LogP contribution is 2.37. The van der Waals surface area contributed by atoms with Crippen molar-refractivity contribution < 1.29 is 10.2 Å². The molecule has 4 heterocycles. The van der Waals surface area contributed by atoms with Crippen molar-refractivity contribution in [3.05, 3.63) is 12.7 Å². The Hall–Kier alpha value is -2.94. The smallest absolute Gasteiger partial charge is 0.227 e. The minimum atomic E-state index is -0.00137. The molecule has 2 fully saturated rings. The molecule has 0 spiro atoms. The van der Waals surface area contributed by atoms with Crippen LogP contribution in [0.2, 0.25) is 0 Å². The number of rotatable bonds is 15. The van der Waals surface area contributed by atoms with Gasteiger partial charge >= 0.3 is 0 Å². The number of hydrogen-bond donors (Lipinski definition) is 8. The van der Waals surface area contributed by atoms with Crippen LogP contribution in [0.1, 0.15) is 93.9 Å². The molecule has 2 saturated heterocycles. The van der Waals surface area contributed by atoms with Crippen LogP contribution in [-0.4, -0.2) is 101 Å². The van der Waals surface area contributed by atoms with Gasteiger partial charge in [-0.15, -0.1) is 0 Å². The van der Waals surface area contributed by atoms with E-state index in [1.807, 2.05) is 0 Å². The molecule has 14 nitrogen and oxygen atoms in total. The Bertz CT molecular complexity index is 1130. The quantitative estimate of drug-likeness (QED) is 0.132. The first-order valence-electron chi connectivity index (χ1n) is 16.8. The number of aromatic nitrogens is 6. The second kappa shape index (κ2) is 14.9. The summed E-state index contributed by atoms with van der Waals surface area (Å²) in [5, 5.41) is 40.6. The average molecular weight is 643 g/mol. The van der Waals surface area contributed by atoms with Crippen molar-refractivity contribution >= 4 is 23.8 Å². The first-order valence-corrected chi connectivity index (χ1v) is 16.8. The minimum absolute atomic E-state index is 0.00137. The lowest BCUT2D eigenvalue weighted by Gasteiger charge is -2.48. The molecule has 14 heteroatoms. The van der Waals surface area contributed by atoms with Gasteiger partial charge in [0.2, 0.25) is 23.8 Å². The molecule has 0 aliphatic carbocycles. The third-order valence-electron chi connectivity index (χ3n) is 8.93. The largest absolute Gasteiger partial charge is 0.396 e. The summed E-state index contributed by atoms with van der Waals surface area (Å²) < 4.78 is 0. The van der Waals surface area contributed by atoms with Gasteiger partial charge in [0.25, 0.3) is 0 Å². The van der Waals surface area contributed by atoms with Crippen LogP contribution >= 0.6 is 0 Å². The van der Waals surface area contributed by atoms with Crippen LogP contribution < -0.4 is 31.9 Å². The van der Waals surface area contributed by atoms with Crippen molar-refractivity contribution in [2.24, 2.45) is 11.8 Å². The maximum absolute atomic E-state index is 9.82. The van der Waals surface area contributed by atoms with E-state index in [1.165, 1.54) is 12.7 Å². The van der Waals surface area contributed by atoms with E-state index in [2.05, 4.69) is 117 Å². The summed E-state index contributed by atoms with van der Waals surface area (Å²) in [5.41, 5.74) is -0.00550. The molecule has 2 aliphatic rings. The number of nitrogens with zero attached hydrogens (tertiary/aromatic N) is 6. The molecular formula is C32H58N12O2. The Morgan fingerprint density at radius 3 is 1.26 bits per heavy atom. The van der Waals surface area contributed by atoms with Gasteiger partial charge in [-0.05, 0) is 106 Å². The van der Waals surface area contributed by atoms with E-state index in [4.69, 9.17) is 0 Å². The van der Waals surface area contributed by atoms with E-state index >= 15 is 0 Å². The summed E-state index contributed by atoms with van der Waals surface area (Å²) in [7, 11) is 0. The summed E-state index contributed by atoms with van der Waals surface area (Å²) in [6.45, 7) is 19.1. The van der Waals surface area contributed by atoms with Crippen molar-refractivity contribution in [1.82, 2.24) is 40.5 Å². The molecule has 2 aliphatic heterocycles. The molecule has 0 amide bonds. The topological polar surface area (TPSA) is 190 Å². The second-order valence-electron chi connectivity index (χ2n) is 15.8. The lowest BCUT2D eigenvalue weighted by Crippen LogP contribution is -2.60. The molecule has 2 atom stereocenters. The van der Waals surface area contributed by atoms with Crippen LogP contribution in [0.4, 0.5) is 23.8 Å². The fraction of sp³-hybridized carbons (Fsp3) is 0.812. The monoisotopic (exact) mass is 642 g/mol. The van der Waals surface area contributed by atoms with Crippen molar-refractivity contribution in [2.45, 2.75) is 128 Å². The summed E-state index contributed by atoms with van der Waals surface area (Å²) in [4.78, 5) is 26.5. The zero-order valence-electron chi connectivity index (χ0n) is 29.1. The highest BCUT2D eigenvalue weighted by molar-refractivity contribution is 5.36. The molecule has 2 aromatic heterocycles. The van der Waals surface area contributed by atoms with E-state index < -0.39 is 0 Å². The van der Waals surface area contributed by atoms with Gasteiger partial charge in [0.05, 0.1) is 0 Å². The van der Waals surface area contributed by atoms with Crippen LogP contribution in [0.5, 0.6) is 0 Å². The first-order chi connectivity index (χ1) is 21.6. The lowest BCUT2D eigenvalue weighted by molar-refractivity contribution is 0.109. The zero-order chi connectivity index (χ0) is 33.6. The van der Waals surface area contributed by atoms with Gasteiger partial charge < -0.3 is 42.1 Å². The van der Waals surface area contributed by atoms with Crippen molar-refractivity contribution in [3.8, 4) is 0 Å². The fourth-order valence-corrected chi connectivity index (χ4v) is 8.08. The Labute approximate surface area is 274 Å². The van der Waals surface area contributed by atoms with Crippen molar-refractivity contribution in [2.75, 3.05) is 47.6 Å². The van der Waals surface area contributed by atoms with Crippen LogP contribution in [0.15, 0.2) is 12.7 Å². The number of aliphatic hydroxyl groups is 2. The maximum atomic E-state index is 9.82. The summed E-state index contributed by atoms with van der Waals surface area (Å²) >= 11 is 0. The van der Waals surface area contributed by atoms with Gasteiger partial charge in [-0.2, -0.15) is 9.97 Å². The van der Waals surface area contributed by atoms with Gasteiger partial charge in [0.1, 0.15) is 12.7 Å². The summed E-state index contributed by atoms with van der Waals surface area (Å²) in [5.74, 6) is 2.62. The van der Waals surface area contributed by atoms with Gasteiger partial charge in [-0.3, -0.25) is 0 Å². The Balaban J connectivity index is 1.30. The molecule has 258 valence electrons. The standard InChI is InChI=1S/C32H58N12O2/c1-29(2)15-21(16-30(3,4)43-29)23(9-13-45)39-27-37-19-35-25(41-27)33-11-12-34-26-36-20-38-28(42-26)40-24(10-14-46)22-17-31(5,6)44-32(7,8)18-22/h19-24,43-46H,9-18H2,1-8H3,(H2,33,35,37,39,41)(H2,34,36,38,40,42). The predicted molar refractivity (Wildman–Crippen MR) is 183 cm³/mol. The van der Waals surface area contributed by atoms with Gasteiger partial charge in [-0.1, -0.05) is 0 Å². The fourth-order valence-electron chi connectivity index (χ4n) is 8.08. The van der Waals surface area contributed by atoms with Crippen LogP contribution in [0.25, 0.3) is 0 Å². The maximum Gasteiger partial charge on any atom is 0.227 e. The molecule has 0 bridgehead atoms. The first kappa shape index (κ1) is 35.9. The van der Waals surface area contributed by atoms with E-state index in [-0.39, 0.29) is 47.5 Å². The third-order valence-corrected chi connectivity index (χ3v) is 8.93. The van der Waals surface area contributed by atoms with E-state index in [9.17, 15) is 10.2 Å². The Morgan fingerprint density at radius 1 is 0.609 bits per heavy atom. The van der Waals surface area contributed by atoms with E-state index in [1.54, 1.807) is 0 Å². The third kappa shape index (κ3) is 10.8. The molecule has 0 saturated carbocycles. The van der Waals surface area contributed by atoms with Gasteiger partial charge in [0, 0.05) is 60.5 Å². The molecule has 0 radical (unpaired) electrons. The predicted octanol–water partition coefficient (Wildman–Crippen LogP) is 3.02. The number of aliphatic hydroxyl groups excluding tert-OH is 2. The highest BCUT2D eigenvalue weighted by Gasteiger charge is 2.42. The summed E-state index contributed by atoms with van der Waals surface area (Å²) in [6, 6.07) is 0.0814. The normalized spacial score (nSPS) is 22.0. The van der Waals surface area contributed by atoms with Crippen LogP contribution in [-0.2, 0) is 0 Å². The van der Waals surface area contributed by atoms with E-state index in [0.717, 1.165) is 25.7 Å². The SMILES string of the molecule is CC1(C)CC(C(CCO)Nc2ncnc(NCCNc3ncnc(NC(CCO)C4CC(C)(C)NC(C)(C)C4)n3)n2)CC(C)(C)N1. The van der Waals surface area contributed by atoms with Gasteiger partial charge in [-0.25, -0.2) is 19.9 Å². The van der Waals surface area contributed by atoms with Crippen molar-refractivity contribution in [3.63, 3.8) is 0 Å². The number of nitrogens with one attached hydrogen (secondary N) is 6. The molecule has 8 N–H and O–H groups in total. The zero-order valence-corrected chi connectivity index (χ0v) is 29.1. The number of hydrogen-bond acceptors (Lipinski definition) is 14. The second-order valence-corrected chi connectivity index (χ2v) is 15.8. The van der Waals surface area contributed by atoms with Gasteiger partial charge in [0.15, 0.2) is 0 Å². The molecular weight excluding hydrogens is 584 g/mol. The van der Waals surface area contributed by atoms with Crippen molar-refractivity contribution in [1.29, 1.82) is 0 Å². The molecule has 4 rings (SSSR count). The highest BCUT2D eigenvalue weighted by atomic mass is 16.3. The van der Waals surface area contributed by atoms with Crippen LogP contribution in [0.3, 0.4) is 0 Å². The number of anilines is 4. The summed E-state index contributed by atoms with van der Waals surface area (Å²) in [6.07, 6.45) is 8.17. The lowest BCUT2D eigenvalue weighted by atomic mass is 9.72. The molecule has 2 aromatic rings. The Kier molecular flexibility index (Phi) is 11.6. The Morgan fingerprint density at radius 2 is 0.935 bits per heavy atom. The van der Waals surface area contributed by atoms with Crippen LogP contribution in [0, 0.1) is 11.8 Å². The molecule has 0 aromatic carbocycles. The minimum Gasteiger partial charge on any atom is -0.396 e. The number of piperidine rings is 2. The average Bonchev–Trinajstić information content (AvgIpc) is 2.92. The molecule has 46 heavy (non-hydrogen) atoms.